The molecule has 8 heteroatoms. The smallest absolute Gasteiger partial charge is 0.414 e. The largest absolute Gasteiger partial charge is 0.711 e. The van der Waals surface area contributed by atoms with E-state index in [9.17, 15) is 14.4 Å². The molecule has 0 saturated heterocycles. The van der Waals surface area contributed by atoms with Gasteiger partial charge >= 0.3 is 6.09 Å². The van der Waals surface area contributed by atoms with Crippen LogP contribution < -0.4 is 9.63 Å². The number of pyridine rings is 1. The third kappa shape index (κ3) is 3.26. The SMILES string of the molecule is CN(C(=O)OC(C)(C)C)c1cc(F)cc2c1[nH]c1c2cc(Br)c[n+]1[O-]. The Balaban J connectivity index is 2.22. The maximum atomic E-state index is 14.2. The van der Waals surface area contributed by atoms with Gasteiger partial charge in [-0.2, -0.15) is 0 Å². The van der Waals surface area contributed by atoms with Crippen LogP contribution in [0.2, 0.25) is 0 Å². The zero-order chi connectivity index (χ0) is 18.5. The second kappa shape index (κ2) is 5.87. The Hall–Kier alpha value is -2.35. The lowest BCUT2D eigenvalue weighted by atomic mass is 10.1. The van der Waals surface area contributed by atoms with E-state index >= 15 is 0 Å². The van der Waals surface area contributed by atoms with Crippen LogP contribution in [-0.4, -0.2) is 23.7 Å². The Bertz CT molecular complexity index is 994. The van der Waals surface area contributed by atoms with Crippen molar-refractivity contribution in [1.82, 2.24) is 4.98 Å². The molecule has 2 aromatic heterocycles. The molecule has 0 unspecified atom stereocenters. The highest BCUT2D eigenvalue weighted by Gasteiger charge is 2.25. The molecule has 0 aliphatic heterocycles. The van der Waals surface area contributed by atoms with Gasteiger partial charge in [0.25, 0.3) is 5.65 Å². The molecular weight excluding hydrogens is 393 g/mol. The molecule has 0 aliphatic rings. The summed E-state index contributed by atoms with van der Waals surface area (Å²) in [7, 11) is 1.50. The van der Waals surface area contributed by atoms with Crippen LogP contribution in [0.15, 0.2) is 28.9 Å². The van der Waals surface area contributed by atoms with Crippen LogP contribution in [0.25, 0.3) is 21.9 Å². The summed E-state index contributed by atoms with van der Waals surface area (Å²) in [4.78, 5) is 16.5. The monoisotopic (exact) mass is 409 g/mol. The Kier molecular flexibility index (Phi) is 4.10. The number of rotatable bonds is 1. The second-order valence-electron chi connectivity index (χ2n) is 6.76. The van der Waals surface area contributed by atoms with Crippen LogP contribution >= 0.6 is 15.9 Å². The van der Waals surface area contributed by atoms with Crippen LogP contribution in [0.3, 0.4) is 0 Å². The van der Waals surface area contributed by atoms with Crippen molar-refractivity contribution in [1.29, 1.82) is 0 Å². The number of halogens is 2. The first kappa shape index (κ1) is 17.5. The molecule has 0 bridgehead atoms. The fraction of sp³-hybridized carbons (Fsp3) is 0.294. The molecule has 1 amide bonds. The summed E-state index contributed by atoms with van der Waals surface area (Å²) in [6, 6.07) is 4.28. The van der Waals surface area contributed by atoms with Crippen LogP contribution in [0.1, 0.15) is 20.8 Å². The summed E-state index contributed by atoms with van der Waals surface area (Å²) in [6.45, 7) is 5.25. The molecule has 0 fully saturated rings. The molecule has 3 rings (SSSR count). The number of nitrogens with one attached hydrogen (secondary N) is 1. The van der Waals surface area contributed by atoms with Gasteiger partial charge < -0.3 is 9.94 Å². The van der Waals surface area contributed by atoms with Crippen molar-refractivity contribution in [2.75, 3.05) is 11.9 Å². The quantitative estimate of drug-likeness (QED) is 0.482. The van der Waals surface area contributed by atoms with E-state index in [0.717, 1.165) is 0 Å². The van der Waals surface area contributed by atoms with Crippen LogP contribution in [-0.2, 0) is 4.74 Å². The van der Waals surface area contributed by atoms with Crippen molar-refractivity contribution < 1.29 is 18.7 Å². The molecule has 1 N–H and O–H groups in total. The van der Waals surface area contributed by atoms with Gasteiger partial charge in [0.15, 0.2) is 5.52 Å². The fourth-order valence-corrected chi connectivity index (χ4v) is 3.03. The number of benzene rings is 1. The highest BCUT2D eigenvalue weighted by atomic mass is 79.9. The highest BCUT2D eigenvalue weighted by Crippen LogP contribution is 2.33. The molecule has 0 spiro atoms. The number of anilines is 1. The summed E-state index contributed by atoms with van der Waals surface area (Å²) in [6.07, 6.45) is 0.736. The van der Waals surface area contributed by atoms with Crippen molar-refractivity contribution in [3.8, 4) is 0 Å². The molecular formula is C17H17BrFN3O3. The predicted octanol–water partition coefficient (Wildman–Crippen LogP) is 4.23. The number of ether oxygens (including phenoxy) is 1. The lowest BCUT2D eigenvalue weighted by Crippen LogP contribution is -2.34. The number of fused-ring (bicyclic) bond motifs is 3. The lowest BCUT2D eigenvalue weighted by Gasteiger charge is -2.24. The average molecular weight is 410 g/mol. The number of carbonyl (C=O) groups excluding carboxylic acids is 1. The zero-order valence-corrected chi connectivity index (χ0v) is 15.8. The number of H-pyrrole nitrogens is 1. The van der Waals surface area contributed by atoms with Gasteiger partial charge in [-0.15, -0.1) is 0 Å². The van der Waals surface area contributed by atoms with Crippen molar-refractivity contribution in [3.05, 3.63) is 39.9 Å². The number of amides is 1. The van der Waals surface area contributed by atoms with E-state index in [-0.39, 0.29) is 11.3 Å². The molecule has 132 valence electrons. The normalized spacial score (nSPS) is 11.9. The van der Waals surface area contributed by atoms with Gasteiger partial charge in [-0.3, -0.25) is 4.90 Å². The summed E-state index contributed by atoms with van der Waals surface area (Å²) in [5, 5.41) is 13.2. The first-order valence-electron chi connectivity index (χ1n) is 7.57. The Labute approximate surface area is 151 Å². The zero-order valence-electron chi connectivity index (χ0n) is 14.2. The summed E-state index contributed by atoms with van der Waals surface area (Å²) in [5.74, 6) is -0.517. The van der Waals surface area contributed by atoms with Crippen LogP contribution in [0.4, 0.5) is 14.9 Å². The van der Waals surface area contributed by atoms with Gasteiger partial charge in [-0.25, -0.2) is 18.9 Å². The molecule has 2 heterocycles. The number of nitrogens with zero attached hydrogens (tertiary/aromatic N) is 2. The topological polar surface area (TPSA) is 72.3 Å². The maximum absolute atomic E-state index is 14.2. The standard InChI is InChI=1S/C17H17BrFN3O3/c1-17(2,3)25-16(23)21(4)13-7-10(19)6-11-12-5-9(18)8-22(24)15(12)20-14(11)13/h5-8,20H,1-4H3. The molecule has 0 aliphatic carbocycles. The number of hydrogen-bond acceptors (Lipinski definition) is 3. The van der Waals surface area contributed by atoms with Crippen molar-refractivity contribution >= 4 is 49.6 Å². The summed E-state index contributed by atoms with van der Waals surface area (Å²) in [5.41, 5.74) is 0.368. The van der Waals surface area contributed by atoms with E-state index in [4.69, 9.17) is 4.74 Å². The second-order valence-corrected chi connectivity index (χ2v) is 7.67. The molecule has 0 saturated carbocycles. The third-order valence-electron chi connectivity index (χ3n) is 3.64. The van der Waals surface area contributed by atoms with E-state index in [1.54, 1.807) is 26.8 Å². The fourth-order valence-electron chi connectivity index (χ4n) is 2.61. The maximum Gasteiger partial charge on any atom is 0.414 e. The Morgan fingerprint density at radius 2 is 2.00 bits per heavy atom. The first-order chi connectivity index (χ1) is 11.6. The predicted molar refractivity (Wildman–Crippen MR) is 97.1 cm³/mol. The van der Waals surface area contributed by atoms with Gasteiger partial charge in [0, 0.05) is 18.5 Å². The molecule has 0 radical (unpaired) electrons. The van der Waals surface area contributed by atoms with Crippen LogP contribution in [0.5, 0.6) is 0 Å². The number of hydrogen-bond donors (Lipinski definition) is 1. The Morgan fingerprint density at radius 3 is 2.64 bits per heavy atom. The summed E-state index contributed by atoms with van der Waals surface area (Å²) >= 11 is 3.26. The average Bonchev–Trinajstić information content (AvgIpc) is 2.83. The number of aromatic nitrogens is 2. The van der Waals surface area contributed by atoms with Gasteiger partial charge in [0.1, 0.15) is 17.6 Å². The van der Waals surface area contributed by atoms with Crippen molar-refractivity contribution in [3.63, 3.8) is 0 Å². The van der Waals surface area contributed by atoms with E-state index in [2.05, 4.69) is 20.9 Å². The van der Waals surface area contributed by atoms with Gasteiger partial charge in [-0.1, -0.05) is 0 Å². The van der Waals surface area contributed by atoms with E-state index in [1.165, 1.54) is 30.3 Å². The Morgan fingerprint density at radius 1 is 1.32 bits per heavy atom. The molecule has 3 aromatic rings. The lowest BCUT2D eigenvalue weighted by molar-refractivity contribution is -0.579. The molecule has 0 atom stereocenters. The first-order valence-corrected chi connectivity index (χ1v) is 8.36. The number of aromatic amines is 1. The molecule has 1 aromatic carbocycles. The number of carbonyl (C=O) groups is 1. The minimum atomic E-state index is -0.679. The van der Waals surface area contributed by atoms with Gasteiger partial charge in [0.2, 0.25) is 0 Å². The molecule has 6 nitrogen and oxygen atoms in total. The van der Waals surface area contributed by atoms with Crippen molar-refractivity contribution in [2.45, 2.75) is 26.4 Å². The van der Waals surface area contributed by atoms with E-state index < -0.39 is 17.5 Å². The third-order valence-corrected chi connectivity index (χ3v) is 4.08. The summed E-state index contributed by atoms with van der Waals surface area (Å²) < 4.78 is 20.7. The van der Waals surface area contributed by atoms with Crippen LogP contribution in [0, 0.1) is 11.0 Å². The van der Waals surface area contributed by atoms with Gasteiger partial charge in [-0.05, 0) is 48.8 Å². The van der Waals surface area contributed by atoms with Crippen molar-refractivity contribution in [2.24, 2.45) is 0 Å². The minimum absolute atomic E-state index is 0.280. The van der Waals surface area contributed by atoms with Gasteiger partial charge in [0.05, 0.1) is 15.5 Å². The van der Waals surface area contributed by atoms with E-state index in [1.807, 2.05) is 0 Å². The molecule has 25 heavy (non-hydrogen) atoms. The highest BCUT2D eigenvalue weighted by molar-refractivity contribution is 9.10. The minimum Gasteiger partial charge on any atom is -0.711 e. The van der Waals surface area contributed by atoms with E-state index in [0.29, 0.717) is 25.5 Å².